The molecule has 1 aromatic heterocycles. The maximum absolute atomic E-state index is 12.1. The molecule has 2 atom stereocenters. The van der Waals surface area contributed by atoms with Crippen molar-refractivity contribution in [2.24, 2.45) is 0 Å². The van der Waals surface area contributed by atoms with Gasteiger partial charge in [-0.2, -0.15) is 0 Å². The monoisotopic (exact) mass is 219 g/mol. The zero-order chi connectivity index (χ0) is 11.1. The van der Waals surface area contributed by atoms with Crippen molar-refractivity contribution in [3.05, 3.63) is 23.8 Å². The van der Waals surface area contributed by atoms with Gasteiger partial charge in [0.05, 0.1) is 30.6 Å². The first-order valence-corrected chi connectivity index (χ1v) is 5.45. The molecule has 2 fully saturated rings. The molecule has 0 spiro atoms. The van der Waals surface area contributed by atoms with Crippen LogP contribution in [0.5, 0.6) is 0 Å². The van der Waals surface area contributed by atoms with Crippen LogP contribution < -0.4 is 0 Å². The van der Waals surface area contributed by atoms with Gasteiger partial charge in [0.2, 0.25) is 0 Å². The molecule has 16 heavy (non-hydrogen) atoms. The Bertz CT molecular complexity index is 418. The lowest BCUT2D eigenvalue weighted by atomic mass is 10.2. The van der Waals surface area contributed by atoms with E-state index in [1.54, 1.807) is 12.4 Å². The number of nitrogens with zero attached hydrogens (tertiary/aromatic N) is 3. The van der Waals surface area contributed by atoms with Crippen LogP contribution in [0.4, 0.5) is 0 Å². The van der Waals surface area contributed by atoms with E-state index in [-0.39, 0.29) is 18.1 Å². The Labute approximate surface area is 93.4 Å². The molecule has 0 radical (unpaired) electrons. The molecule has 5 heteroatoms. The number of aryl methyl sites for hydroxylation is 1. The summed E-state index contributed by atoms with van der Waals surface area (Å²) in [6, 6.07) is 0.237. The topological polar surface area (TPSA) is 55.3 Å². The molecule has 3 rings (SSSR count). The van der Waals surface area contributed by atoms with Crippen molar-refractivity contribution in [3.8, 4) is 0 Å². The fourth-order valence-electron chi connectivity index (χ4n) is 2.30. The van der Waals surface area contributed by atoms with E-state index in [0.29, 0.717) is 18.8 Å². The van der Waals surface area contributed by atoms with Crippen LogP contribution >= 0.6 is 0 Å². The largest absolute Gasteiger partial charge is 0.374 e. The molecule has 2 aliphatic rings. The lowest BCUT2D eigenvalue weighted by Crippen LogP contribution is -2.41. The Kier molecular flexibility index (Phi) is 2.14. The van der Waals surface area contributed by atoms with Crippen molar-refractivity contribution in [3.63, 3.8) is 0 Å². The van der Waals surface area contributed by atoms with E-state index in [2.05, 4.69) is 9.97 Å². The van der Waals surface area contributed by atoms with Gasteiger partial charge in [-0.3, -0.25) is 9.78 Å². The van der Waals surface area contributed by atoms with Crippen LogP contribution in [0, 0.1) is 6.92 Å². The highest BCUT2D eigenvalue weighted by atomic mass is 16.5. The third kappa shape index (κ3) is 1.48. The highest BCUT2D eigenvalue weighted by molar-refractivity contribution is 5.92. The van der Waals surface area contributed by atoms with Crippen molar-refractivity contribution in [1.29, 1.82) is 0 Å². The summed E-state index contributed by atoms with van der Waals surface area (Å²) < 4.78 is 5.46. The molecule has 0 unspecified atom stereocenters. The van der Waals surface area contributed by atoms with Gasteiger partial charge in [0.15, 0.2) is 0 Å². The molecule has 2 bridgehead atoms. The van der Waals surface area contributed by atoms with Crippen LogP contribution in [0.1, 0.15) is 22.6 Å². The fraction of sp³-hybridized carbons (Fsp3) is 0.545. The van der Waals surface area contributed by atoms with Crippen LogP contribution in [-0.2, 0) is 4.74 Å². The van der Waals surface area contributed by atoms with E-state index in [4.69, 9.17) is 4.74 Å². The minimum atomic E-state index is -0.0247. The van der Waals surface area contributed by atoms with Gasteiger partial charge >= 0.3 is 0 Å². The summed E-state index contributed by atoms with van der Waals surface area (Å²) >= 11 is 0. The summed E-state index contributed by atoms with van der Waals surface area (Å²) in [6.45, 7) is 3.21. The first kappa shape index (κ1) is 9.72. The molecular weight excluding hydrogens is 206 g/mol. The summed E-state index contributed by atoms with van der Waals surface area (Å²) in [7, 11) is 0. The second-order valence-corrected chi connectivity index (χ2v) is 4.35. The van der Waals surface area contributed by atoms with Gasteiger partial charge in [0.25, 0.3) is 5.91 Å². The van der Waals surface area contributed by atoms with Gasteiger partial charge in [0, 0.05) is 12.7 Å². The second kappa shape index (κ2) is 3.52. The molecule has 0 aromatic carbocycles. The number of fused-ring (bicyclic) bond motifs is 2. The fourth-order valence-corrected chi connectivity index (χ4v) is 2.30. The molecule has 3 heterocycles. The van der Waals surface area contributed by atoms with Crippen LogP contribution in [0.15, 0.2) is 12.4 Å². The molecule has 84 valence electrons. The third-order valence-electron chi connectivity index (χ3n) is 3.16. The molecule has 0 saturated carbocycles. The number of rotatable bonds is 1. The summed E-state index contributed by atoms with van der Waals surface area (Å²) in [6.07, 6.45) is 4.36. The Morgan fingerprint density at radius 2 is 2.38 bits per heavy atom. The normalized spacial score (nSPS) is 27.4. The molecule has 1 amide bonds. The zero-order valence-electron chi connectivity index (χ0n) is 9.09. The molecule has 5 nitrogen and oxygen atoms in total. The van der Waals surface area contributed by atoms with E-state index in [1.807, 2.05) is 11.8 Å². The number of morpholine rings is 1. The van der Waals surface area contributed by atoms with Gasteiger partial charge in [-0.25, -0.2) is 4.98 Å². The van der Waals surface area contributed by atoms with Gasteiger partial charge in [-0.05, 0) is 13.3 Å². The van der Waals surface area contributed by atoms with Crippen LogP contribution in [0.3, 0.4) is 0 Å². The number of hydrogen-bond donors (Lipinski definition) is 0. The number of ether oxygens (including phenoxy) is 1. The lowest BCUT2D eigenvalue weighted by molar-refractivity contribution is 0.0255. The minimum absolute atomic E-state index is 0.0247. The zero-order valence-corrected chi connectivity index (χ0v) is 9.09. The SMILES string of the molecule is Cc1cnc(C(=O)N2C[C@H]3C[C@H]2CO3)cn1. The number of hydrogen-bond acceptors (Lipinski definition) is 4. The van der Waals surface area contributed by atoms with Crippen LogP contribution in [-0.4, -0.2) is 46.1 Å². The Morgan fingerprint density at radius 3 is 2.94 bits per heavy atom. The predicted octanol–water partition coefficient (Wildman–Crippen LogP) is 0.398. The smallest absolute Gasteiger partial charge is 0.274 e. The highest BCUT2D eigenvalue weighted by Crippen LogP contribution is 2.28. The number of carbonyl (C=O) groups is 1. The maximum atomic E-state index is 12.1. The van der Waals surface area contributed by atoms with E-state index in [0.717, 1.165) is 12.1 Å². The third-order valence-corrected chi connectivity index (χ3v) is 3.16. The predicted molar refractivity (Wildman–Crippen MR) is 56.0 cm³/mol. The van der Waals surface area contributed by atoms with Gasteiger partial charge < -0.3 is 9.64 Å². The first-order valence-electron chi connectivity index (χ1n) is 5.45. The average Bonchev–Trinajstić information content (AvgIpc) is 2.91. The maximum Gasteiger partial charge on any atom is 0.274 e. The average molecular weight is 219 g/mol. The highest BCUT2D eigenvalue weighted by Gasteiger charge is 2.41. The summed E-state index contributed by atoms with van der Waals surface area (Å²) in [5.74, 6) is -0.0247. The molecular formula is C11H13N3O2. The second-order valence-electron chi connectivity index (χ2n) is 4.35. The lowest BCUT2D eigenvalue weighted by Gasteiger charge is -2.26. The van der Waals surface area contributed by atoms with E-state index >= 15 is 0 Å². The van der Waals surface area contributed by atoms with Crippen molar-refractivity contribution in [1.82, 2.24) is 14.9 Å². The standard InChI is InChI=1S/C11H13N3O2/c1-7-3-13-10(4-12-7)11(15)14-5-9-2-8(14)6-16-9/h3-4,8-9H,2,5-6H2,1H3/t8-,9+/m0/s1. The van der Waals surface area contributed by atoms with Crippen molar-refractivity contribution < 1.29 is 9.53 Å². The number of amides is 1. The Hall–Kier alpha value is -1.49. The van der Waals surface area contributed by atoms with Gasteiger partial charge in [-0.1, -0.05) is 0 Å². The molecule has 2 aliphatic heterocycles. The molecule has 2 saturated heterocycles. The van der Waals surface area contributed by atoms with Crippen molar-refractivity contribution in [2.45, 2.75) is 25.5 Å². The van der Waals surface area contributed by atoms with Gasteiger partial charge in [-0.15, -0.1) is 0 Å². The minimum Gasteiger partial charge on any atom is -0.374 e. The van der Waals surface area contributed by atoms with Crippen LogP contribution in [0.2, 0.25) is 0 Å². The van der Waals surface area contributed by atoms with E-state index in [9.17, 15) is 4.79 Å². The van der Waals surface area contributed by atoms with Gasteiger partial charge in [0.1, 0.15) is 5.69 Å². The van der Waals surface area contributed by atoms with Crippen molar-refractivity contribution >= 4 is 5.91 Å². The van der Waals surface area contributed by atoms with E-state index < -0.39 is 0 Å². The number of carbonyl (C=O) groups excluding carboxylic acids is 1. The molecule has 0 N–H and O–H groups in total. The number of likely N-dealkylation sites (tertiary alicyclic amines) is 1. The Balaban J connectivity index is 1.80. The van der Waals surface area contributed by atoms with Crippen molar-refractivity contribution in [2.75, 3.05) is 13.2 Å². The quantitative estimate of drug-likeness (QED) is 0.686. The first-order chi connectivity index (χ1) is 7.74. The number of aromatic nitrogens is 2. The molecule has 0 aliphatic carbocycles. The summed E-state index contributed by atoms with van der Waals surface area (Å²) in [5, 5.41) is 0. The molecule has 1 aromatic rings. The summed E-state index contributed by atoms with van der Waals surface area (Å²) in [4.78, 5) is 22.2. The van der Waals surface area contributed by atoms with E-state index in [1.165, 1.54) is 0 Å². The Morgan fingerprint density at radius 1 is 1.50 bits per heavy atom. The summed E-state index contributed by atoms with van der Waals surface area (Å²) in [5.41, 5.74) is 1.25. The van der Waals surface area contributed by atoms with Crippen LogP contribution in [0.25, 0.3) is 0 Å².